The molecule has 0 atom stereocenters. The van der Waals surface area contributed by atoms with Crippen molar-refractivity contribution in [1.29, 1.82) is 0 Å². The number of hydrogen-bond donors (Lipinski definition) is 2. The van der Waals surface area contributed by atoms with Crippen LogP contribution in [0.3, 0.4) is 0 Å². The van der Waals surface area contributed by atoms with Gasteiger partial charge in [0.1, 0.15) is 11.6 Å². The Hall–Kier alpha value is -3.67. The minimum absolute atomic E-state index is 0.121. The van der Waals surface area contributed by atoms with Gasteiger partial charge in [0.25, 0.3) is 11.8 Å². The maximum atomic E-state index is 14.6. The van der Waals surface area contributed by atoms with Crippen molar-refractivity contribution in [2.45, 2.75) is 13.3 Å². The molecule has 0 bridgehead atoms. The number of anilines is 1. The van der Waals surface area contributed by atoms with Gasteiger partial charge in [-0.1, -0.05) is 43.3 Å². The zero-order chi connectivity index (χ0) is 21.0. The van der Waals surface area contributed by atoms with Crippen molar-refractivity contribution in [3.63, 3.8) is 0 Å². The number of amides is 2. The van der Waals surface area contributed by atoms with E-state index in [0.717, 1.165) is 5.56 Å². The van der Waals surface area contributed by atoms with Crippen molar-refractivity contribution in [1.82, 2.24) is 0 Å². The number of rotatable bonds is 6. The Labute approximate surface area is 168 Å². The Balaban J connectivity index is 1.92. The number of aryl methyl sites for hydroxylation is 1. The fraction of sp³-hybridized carbons (Fsp3) is 0.130. The molecule has 0 aliphatic carbocycles. The summed E-state index contributed by atoms with van der Waals surface area (Å²) in [7, 11) is 1.50. The molecule has 3 aromatic rings. The normalized spacial score (nSPS) is 10.4. The van der Waals surface area contributed by atoms with Crippen LogP contribution in [-0.4, -0.2) is 18.9 Å². The van der Waals surface area contributed by atoms with Crippen LogP contribution in [0.1, 0.15) is 33.2 Å². The van der Waals surface area contributed by atoms with Crippen molar-refractivity contribution in [2.75, 3.05) is 12.4 Å². The molecule has 0 radical (unpaired) electrons. The first kappa shape index (κ1) is 20.1. The van der Waals surface area contributed by atoms with Crippen molar-refractivity contribution < 1.29 is 18.7 Å². The number of nitrogens with two attached hydrogens (primary N) is 1. The number of carbonyl (C=O) groups excluding carboxylic acids is 2. The molecule has 148 valence electrons. The summed E-state index contributed by atoms with van der Waals surface area (Å²) in [4.78, 5) is 24.5. The molecule has 0 aliphatic heterocycles. The van der Waals surface area contributed by atoms with Crippen molar-refractivity contribution in [3.8, 4) is 16.9 Å². The smallest absolute Gasteiger partial charge is 0.255 e. The van der Waals surface area contributed by atoms with Crippen LogP contribution in [0, 0.1) is 5.82 Å². The van der Waals surface area contributed by atoms with Gasteiger partial charge in [-0.05, 0) is 35.7 Å². The van der Waals surface area contributed by atoms with Crippen LogP contribution in [0.15, 0.2) is 60.7 Å². The van der Waals surface area contributed by atoms with E-state index in [4.69, 9.17) is 10.5 Å². The molecule has 2 amide bonds. The minimum atomic E-state index is -0.678. The summed E-state index contributed by atoms with van der Waals surface area (Å²) < 4.78 is 19.9. The summed E-state index contributed by atoms with van der Waals surface area (Å²) >= 11 is 0. The van der Waals surface area contributed by atoms with Crippen molar-refractivity contribution >= 4 is 17.5 Å². The minimum Gasteiger partial charge on any atom is -0.496 e. The summed E-state index contributed by atoms with van der Waals surface area (Å²) in [6, 6.07) is 16.4. The summed E-state index contributed by atoms with van der Waals surface area (Å²) in [6.45, 7) is 1.91. The molecule has 29 heavy (non-hydrogen) atoms. The highest BCUT2D eigenvalue weighted by Gasteiger charge is 2.17. The molecule has 0 aliphatic rings. The number of primary amides is 1. The standard InChI is InChI=1S/C23H21FN2O3/c1-3-14-11-18(22(25)27)20(13-21(14)29-2)26-23(28)16-9-10-17(19(24)12-16)15-7-5-4-6-8-15/h4-13H,3H2,1-2H3,(H2,25,27)(H,26,28). The third-order valence-electron chi connectivity index (χ3n) is 4.63. The van der Waals surface area contributed by atoms with Crippen LogP contribution >= 0.6 is 0 Å². The third kappa shape index (κ3) is 4.27. The lowest BCUT2D eigenvalue weighted by Crippen LogP contribution is -2.19. The Morgan fingerprint density at radius 1 is 1.07 bits per heavy atom. The number of carbonyl (C=O) groups is 2. The highest BCUT2D eigenvalue weighted by atomic mass is 19.1. The van der Waals surface area contributed by atoms with Gasteiger partial charge in [-0.2, -0.15) is 0 Å². The lowest BCUT2D eigenvalue weighted by Gasteiger charge is -2.14. The number of halogens is 1. The predicted octanol–water partition coefficient (Wildman–Crippen LogP) is 4.41. The van der Waals surface area contributed by atoms with Crippen LogP contribution < -0.4 is 15.8 Å². The molecule has 0 saturated heterocycles. The van der Waals surface area contributed by atoms with Gasteiger partial charge >= 0.3 is 0 Å². The summed E-state index contributed by atoms with van der Waals surface area (Å²) in [5, 5.41) is 2.63. The zero-order valence-electron chi connectivity index (χ0n) is 16.2. The van der Waals surface area contributed by atoms with E-state index in [0.29, 0.717) is 23.3 Å². The number of benzene rings is 3. The Morgan fingerprint density at radius 3 is 2.38 bits per heavy atom. The number of ether oxygens (including phenoxy) is 1. The second kappa shape index (κ2) is 8.56. The van der Waals surface area contributed by atoms with Gasteiger partial charge in [-0.25, -0.2) is 4.39 Å². The summed E-state index contributed by atoms with van der Waals surface area (Å²) in [5.41, 5.74) is 7.86. The lowest BCUT2D eigenvalue weighted by molar-refractivity contribution is 0.100. The molecular weight excluding hydrogens is 371 g/mol. The fourth-order valence-electron chi connectivity index (χ4n) is 3.10. The highest BCUT2D eigenvalue weighted by Crippen LogP contribution is 2.29. The van der Waals surface area contributed by atoms with Gasteiger partial charge in [-0.15, -0.1) is 0 Å². The van der Waals surface area contributed by atoms with E-state index in [2.05, 4.69) is 5.32 Å². The van der Waals surface area contributed by atoms with Gasteiger partial charge in [0.05, 0.1) is 18.4 Å². The van der Waals surface area contributed by atoms with Crippen LogP contribution in [0.25, 0.3) is 11.1 Å². The van der Waals surface area contributed by atoms with Gasteiger partial charge < -0.3 is 15.8 Å². The van der Waals surface area contributed by atoms with Gasteiger partial charge in [-0.3, -0.25) is 9.59 Å². The zero-order valence-corrected chi connectivity index (χ0v) is 16.2. The van der Waals surface area contributed by atoms with E-state index in [1.165, 1.54) is 19.2 Å². The van der Waals surface area contributed by atoms with Gasteiger partial charge in [0.2, 0.25) is 0 Å². The molecule has 0 spiro atoms. The molecule has 0 unspecified atom stereocenters. The molecule has 5 nitrogen and oxygen atoms in total. The lowest BCUT2D eigenvalue weighted by atomic mass is 10.0. The van der Waals surface area contributed by atoms with E-state index >= 15 is 0 Å². The second-order valence-electron chi connectivity index (χ2n) is 6.44. The quantitative estimate of drug-likeness (QED) is 0.652. The largest absolute Gasteiger partial charge is 0.496 e. The third-order valence-corrected chi connectivity index (χ3v) is 4.63. The molecule has 6 heteroatoms. The highest BCUT2D eigenvalue weighted by molar-refractivity contribution is 6.09. The van der Waals surface area contributed by atoms with Crippen molar-refractivity contribution in [2.24, 2.45) is 5.73 Å². The first-order valence-electron chi connectivity index (χ1n) is 9.11. The van der Waals surface area contributed by atoms with E-state index < -0.39 is 17.6 Å². The van der Waals surface area contributed by atoms with Crippen LogP contribution in [0.5, 0.6) is 5.75 Å². The maximum Gasteiger partial charge on any atom is 0.255 e. The Morgan fingerprint density at radius 2 is 1.79 bits per heavy atom. The second-order valence-corrected chi connectivity index (χ2v) is 6.44. The number of nitrogens with one attached hydrogen (secondary N) is 1. The van der Waals surface area contributed by atoms with E-state index in [-0.39, 0.29) is 16.8 Å². The van der Waals surface area contributed by atoms with E-state index in [9.17, 15) is 14.0 Å². The molecule has 3 aromatic carbocycles. The van der Waals surface area contributed by atoms with Gasteiger partial charge in [0, 0.05) is 17.2 Å². The SMILES string of the molecule is CCc1cc(C(N)=O)c(NC(=O)c2ccc(-c3ccccc3)c(F)c2)cc1OC. The van der Waals surface area contributed by atoms with Gasteiger partial charge in [0.15, 0.2) is 0 Å². The first-order valence-corrected chi connectivity index (χ1v) is 9.11. The average molecular weight is 392 g/mol. The Kier molecular flexibility index (Phi) is 5.93. The average Bonchev–Trinajstić information content (AvgIpc) is 2.73. The van der Waals surface area contributed by atoms with E-state index in [1.807, 2.05) is 25.1 Å². The predicted molar refractivity (Wildman–Crippen MR) is 111 cm³/mol. The summed E-state index contributed by atoms with van der Waals surface area (Å²) in [5.74, 6) is -1.23. The molecule has 0 heterocycles. The number of methoxy groups -OCH3 is 1. The van der Waals surface area contributed by atoms with Crippen LogP contribution in [0.4, 0.5) is 10.1 Å². The molecular formula is C23H21FN2O3. The van der Waals surface area contributed by atoms with E-state index in [1.54, 1.807) is 30.3 Å². The molecule has 3 rings (SSSR count). The topological polar surface area (TPSA) is 81.4 Å². The monoisotopic (exact) mass is 392 g/mol. The van der Waals surface area contributed by atoms with Crippen LogP contribution in [0.2, 0.25) is 0 Å². The molecule has 3 N–H and O–H groups in total. The fourth-order valence-corrected chi connectivity index (χ4v) is 3.10. The molecule has 0 saturated carbocycles. The van der Waals surface area contributed by atoms with Crippen LogP contribution in [-0.2, 0) is 6.42 Å². The summed E-state index contributed by atoms with van der Waals surface area (Å²) in [6.07, 6.45) is 0.629. The maximum absolute atomic E-state index is 14.6. The van der Waals surface area contributed by atoms with Crippen molar-refractivity contribution in [3.05, 3.63) is 83.2 Å². The first-order chi connectivity index (χ1) is 13.9. The Bertz CT molecular complexity index is 1070. The number of hydrogen-bond acceptors (Lipinski definition) is 3. The molecule has 0 aromatic heterocycles. The molecule has 0 fully saturated rings.